The quantitative estimate of drug-likeness (QED) is 0.668. The summed E-state index contributed by atoms with van der Waals surface area (Å²) in [6.45, 7) is 10.7. The van der Waals surface area contributed by atoms with Crippen LogP contribution in [0, 0.1) is 5.92 Å². The third kappa shape index (κ3) is 4.20. The minimum absolute atomic E-state index is 0.191. The Labute approximate surface area is 134 Å². The SMILES string of the molecule is CCOP(=O)(C[C@@H](C(C)C)N1Cc2ccccc2C1)OCC. The molecule has 0 unspecified atom stereocenters. The van der Waals surface area contributed by atoms with Crippen LogP contribution in [0.25, 0.3) is 0 Å². The van der Waals surface area contributed by atoms with E-state index in [2.05, 4.69) is 43.0 Å². The highest BCUT2D eigenvalue weighted by molar-refractivity contribution is 7.53. The Morgan fingerprint density at radius 1 is 1.09 bits per heavy atom. The van der Waals surface area contributed by atoms with Gasteiger partial charge in [0.05, 0.1) is 19.4 Å². The Morgan fingerprint density at radius 2 is 1.59 bits per heavy atom. The number of fused-ring (bicyclic) bond motifs is 1. The molecule has 0 amide bonds. The minimum atomic E-state index is -3.02. The zero-order valence-electron chi connectivity index (χ0n) is 14.1. The molecule has 5 heteroatoms. The van der Waals surface area contributed by atoms with E-state index in [0.29, 0.717) is 25.3 Å². The molecule has 1 aliphatic heterocycles. The Bertz CT molecular complexity index is 497. The molecule has 1 aromatic rings. The van der Waals surface area contributed by atoms with Crippen molar-refractivity contribution >= 4 is 7.60 Å². The fourth-order valence-corrected chi connectivity index (χ4v) is 5.29. The van der Waals surface area contributed by atoms with Crippen LogP contribution in [0.2, 0.25) is 0 Å². The average Bonchev–Trinajstić information content (AvgIpc) is 2.88. The van der Waals surface area contributed by atoms with E-state index >= 15 is 0 Å². The second kappa shape index (κ2) is 7.74. The van der Waals surface area contributed by atoms with Gasteiger partial charge in [0.2, 0.25) is 0 Å². The van der Waals surface area contributed by atoms with Crippen LogP contribution < -0.4 is 0 Å². The summed E-state index contributed by atoms with van der Waals surface area (Å²) < 4.78 is 23.9. The normalized spacial score (nSPS) is 17.0. The van der Waals surface area contributed by atoms with Gasteiger partial charge in [0.15, 0.2) is 0 Å². The van der Waals surface area contributed by atoms with Gasteiger partial charge in [-0.15, -0.1) is 0 Å². The van der Waals surface area contributed by atoms with Crippen molar-refractivity contribution in [1.82, 2.24) is 4.90 Å². The van der Waals surface area contributed by atoms with Gasteiger partial charge in [-0.05, 0) is 30.9 Å². The highest BCUT2D eigenvalue weighted by atomic mass is 31.2. The summed E-state index contributed by atoms with van der Waals surface area (Å²) in [6.07, 6.45) is 0.459. The topological polar surface area (TPSA) is 38.8 Å². The van der Waals surface area contributed by atoms with Crippen LogP contribution in [0.4, 0.5) is 0 Å². The maximum absolute atomic E-state index is 12.9. The fourth-order valence-electron chi connectivity index (χ4n) is 3.11. The molecule has 1 aromatic carbocycles. The van der Waals surface area contributed by atoms with Crippen LogP contribution in [-0.4, -0.2) is 30.3 Å². The Balaban J connectivity index is 2.13. The molecule has 0 N–H and O–H groups in total. The van der Waals surface area contributed by atoms with Gasteiger partial charge in [-0.3, -0.25) is 9.46 Å². The predicted octanol–water partition coefficient (Wildman–Crippen LogP) is 4.29. The Hall–Kier alpha value is -0.670. The first-order valence-electron chi connectivity index (χ1n) is 8.18. The lowest BCUT2D eigenvalue weighted by Gasteiger charge is -2.33. The molecule has 124 valence electrons. The van der Waals surface area contributed by atoms with Crippen LogP contribution in [0.5, 0.6) is 0 Å². The highest BCUT2D eigenvalue weighted by Crippen LogP contribution is 2.50. The molecule has 0 bridgehead atoms. The van der Waals surface area contributed by atoms with E-state index in [1.165, 1.54) is 11.1 Å². The van der Waals surface area contributed by atoms with Crippen molar-refractivity contribution in [2.75, 3.05) is 19.4 Å². The summed E-state index contributed by atoms with van der Waals surface area (Å²) in [7, 11) is -3.02. The van der Waals surface area contributed by atoms with E-state index in [9.17, 15) is 4.57 Å². The summed E-state index contributed by atoms with van der Waals surface area (Å²) >= 11 is 0. The van der Waals surface area contributed by atoms with Crippen molar-refractivity contribution in [1.29, 1.82) is 0 Å². The lowest BCUT2D eigenvalue weighted by Crippen LogP contribution is -2.38. The van der Waals surface area contributed by atoms with Crippen molar-refractivity contribution in [2.45, 2.75) is 46.8 Å². The van der Waals surface area contributed by atoms with Gasteiger partial charge in [-0.2, -0.15) is 0 Å². The van der Waals surface area contributed by atoms with Crippen LogP contribution in [0.15, 0.2) is 24.3 Å². The molecular formula is C17H28NO3P. The maximum atomic E-state index is 12.9. The van der Waals surface area contributed by atoms with Crippen LogP contribution in [0.3, 0.4) is 0 Å². The monoisotopic (exact) mass is 325 g/mol. The first-order chi connectivity index (χ1) is 10.5. The van der Waals surface area contributed by atoms with E-state index in [4.69, 9.17) is 9.05 Å². The van der Waals surface area contributed by atoms with Crippen molar-refractivity contribution in [3.8, 4) is 0 Å². The molecule has 0 spiro atoms. The Kier molecular flexibility index (Phi) is 6.22. The maximum Gasteiger partial charge on any atom is 0.332 e. The first kappa shape index (κ1) is 17.7. The van der Waals surface area contributed by atoms with Gasteiger partial charge in [0, 0.05) is 19.1 Å². The lowest BCUT2D eigenvalue weighted by molar-refractivity contribution is 0.153. The van der Waals surface area contributed by atoms with E-state index < -0.39 is 7.60 Å². The second-order valence-corrected chi connectivity index (χ2v) is 8.22. The van der Waals surface area contributed by atoms with Crippen LogP contribution in [-0.2, 0) is 26.7 Å². The molecule has 0 saturated carbocycles. The standard InChI is InChI=1S/C17H28NO3P/c1-5-20-22(19,21-6-2)13-17(14(3)4)18-11-15-9-7-8-10-16(15)12-18/h7-10,14,17H,5-6,11-13H2,1-4H3/t17-/m0/s1. The van der Waals surface area contributed by atoms with Gasteiger partial charge in [-0.1, -0.05) is 38.1 Å². The number of hydrogen-bond acceptors (Lipinski definition) is 4. The summed E-state index contributed by atoms with van der Waals surface area (Å²) in [5.41, 5.74) is 2.74. The average molecular weight is 325 g/mol. The predicted molar refractivity (Wildman–Crippen MR) is 90.0 cm³/mol. The van der Waals surface area contributed by atoms with Gasteiger partial charge >= 0.3 is 7.60 Å². The zero-order valence-corrected chi connectivity index (χ0v) is 15.0. The summed E-state index contributed by atoms with van der Waals surface area (Å²) in [6, 6.07) is 8.71. The van der Waals surface area contributed by atoms with Crippen LogP contribution in [0.1, 0.15) is 38.8 Å². The largest absolute Gasteiger partial charge is 0.332 e. The molecule has 2 rings (SSSR count). The van der Waals surface area contributed by atoms with E-state index in [0.717, 1.165) is 13.1 Å². The van der Waals surface area contributed by atoms with Gasteiger partial charge in [0.25, 0.3) is 0 Å². The Morgan fingerprint density at radius 3 is 2.00 bits per heavy atom. The number of hydrogen-bond donors (Lipinski definition) is 0. The zero-order chi connectivity index (χ0) is 16.2. The summed E-state index contributed by atoms with van der Waals surface area (Å²) in [4.78, 5) is 2.40. The van der Waals surface area contributed by atoms with Crippen molar-refractivity contribution < 1.29 is 13.6 Å². The number of benzene rings is 1. The molecule has 4 nitrogen and oxygen atoms in total. The van der Waals surface area contributed by atoms with Gasteiger partial charge in [0.1, 0.15) is 0 Å². The smallest absolute Gasteiger partial charge is 0.309 e. The third-order valence-electron chi connectivity index (χ3n) is 4.17. The molecular weight excluding hydrogens is 297 g/mol. The lowest BCUT2D eigenvalue weighted by atomic mass is 10.1. The molecule has 0 saturated heterocycles. The molecule has 0 radical (unpaired) electrons. The van der Waals surface area contributed by atoms with Gasteiger partial charge < -0.3 is 9.05 Å². The number of rotatable bonds is 8. The first-order valence-corrected chi connectivity index (χ1v) is 9.90. The molecule has 1 heterocycles. The third-order valence-corrected chi connectivity index (χ3v) is 6.29. The second-order valence-electron chi connectivity index (χ2n) is 6.11. The molecule has 0 aliphatic carbocycles. The molecule has 1 aliphatic rings. The minimum Gasteiger partial charge on any atom is -0.309 e. The molecule has 22 heavy (non-hydrogen) atoms. The fraction of sp³-hybridized carbons (Fsp3) is 0.647. The molecule has 0 fully saturated rings. The van der Waals surface area contributed by atoms with Crippen LogP contribution >= 0.6 is 7.60 Å². The molecule has 1 atom stereocenters. The van der Waals surface area contributed by atoms with Crippen molar-refractivity contribution in [2.24, 2.45) is 5.92 Å². The molecule has 0 aromatic heterocycles. The van der Waals surface area contributed by atoms with Crippen molar-refractivity contribution in [3.63, 3.8) is 0 Å². The van der Waals surface area contributed by atoms with E-state index in [1.807, 2.05) is 13.8 Å². The van der Waals surface area contributed by atoms with Gasteiger partial charge in [-0.25, -0.2) is 0 Å². The van der Waals surface area contributed by atoms with E-state index in [1.54, 1.807) is 0 Å². The van der Waals surface area contributed by atoms with E-state index in [-0.39, 0.29) is 6.04 Å². The van der Waals surface area contributed by atoms with Crippen molar-refractivity contribution in [3.05, 3.63) is 35.4 Å². The summed E-state index contributed by atoms with van der Waals surface area (Å²) in [5.74, 6) is 0.392. The summed E-state index contributed by atoms with van der Waals surface area (Å²) in [5, 5.41) is 0. The highest BCUT2D eigenvalue weighted by Gasteiger charge is 2.35. The number of nitrogens with zero attached hydrogens (tertiary/aromatic N) is 1.